The van der Waals surface area contributed by atoms with Crippen LogP contribution in [-0.2, 0) is 0 Å². The molecule has 0 spiro atoms. The molecule has 4 N–H and O–H groups in total. The van der Waals surface area contributed by atoms with Gasteiger partial charge >= 0.3 is 0 Å². The van der Waals surface area contributed by atoms with Gasteiger partial charge in [-0.25, -0.2) is 4.98 Å². The Morgan fingerprint density at radius 1 is 0.923 bits per heavy atom. The van der Waals surface area contributed by atoms with Gasteiger partial charge < -0.3 is 21.3 Å². The molecule has 39 heavy (non-hydrogen) atoms. The van der Waals surface area contributed by atoms with Gasteiger partial charge in [-0.15, -0.1) is 0 Å². The molecule has 3 fully saturated rings. The van der Waals surface area contributed by atoms with Gasteiger partial charge in [0.15, 0.2) is 0 Å². The van der Waals surface area contributed by atoms with Crippen LogP contribution in [-0.4, -0.2) is 70.9 Å². The van der Waals surface area contributed by atoms with Crippen molar-refractivity contribution in [2.45, 2.75) is 90.0 Å². The van der Waals surface area contributed by atoms with Crippen LogP contribution in [0.2, 0.25) is 0 Å². The van der Waals surface area contributed by atoms with Crippen molar-refractivity contribution in [2.75, 3.05) is 18.0 Å². The van der Waals surface area contributed by atoms with Gasteiger partial charge in [-0.3, -0.25) is 19.3 Å². The summed E-state index contributed by atoms with van der Waals surface area (Å²) in [6.07, 6.45) is 6.46. The number of aryl methyl sites for hydroxylation is 2. The SMILES string of the molecule is Cc1cc(C(=O)NC2C[C@H]3CC[C@@H](C2)N3c2ccc(C(=O)N[C@@H]3CCN(C(C)C)C3)cn2)c(C)cc1C(N)=O. The Hall–Kier alpha value is -3.46. The highest BCUT2D eigenvalue weighted by atomic mass is 16.2. The normalized spacial score (nSPS) is 24.7. The topological polar surface area (TPSA) is 121 Å². The molecule has 0 radical (unpaired) electrons. The zero-order valence-electron chi connectivity index (χ0n) is 23.4. The number of carbonyl (C=O) groups excluding carboxylic acids is 3. The Balaban J connectivity index is 1.19. The number of primary amides is 1. The van der Waals surface area contributed by atoms with Gasteiger partial charge in [0.25, 0.3) is 11.8 Å². The molecule has 9 heteroatoms. The Morgan fingerprint density at radius 3 is 2.15 bits per heavy atom. The molecular weight excluding hydrogens is 492 g/mol. The van der Waals surface area contributed by atoms with Gasteiger partial charge in [0.05, 0.1) is 5.56 Å². The number of piperidine rings is 1. The molecule has 5 rings (SSSR count). The number of hydrogen-bond acceptors (Lipinski definition) is 6. The molecule has 0 saturated carbocycles. The van der Waals surface area contributed by atoms with Gasteiger partial charge in [-0.05, 0) is 95.2 Å². The maximum atomic E-state index is 13.1. The highest BCUT2D eigenvalue weighted by Crippen LogP contribution is 2.38. The lowest BCUT2D eigenvalue weighted by atomic mass is 9.95. The third-order valence-electron chi connectivity index (χ3n) is 8.71. The minimum atomic E-state index is -0.486. The number of carbonyl (C=O) groups is 3. The van der Waals surface area contributed by atoms with E-state index >= 15 is 0 Å². The van der Waals surface area contributed by atoms with Crippen molar-refractivity contribution < 1.29 is 14.4 Å². The van der Waals surface area contributed by atoms with Gasteiger partial charge in [0.1, 0.15) is 5.82 Å². The van der Waals surface area contributed by atoms with E-state index in [1.165, 1.54) is 0 Å². The van der Waals surface area contributed by atoms with Gasteiger partial charge in [0, 0.05) is 60.6 Å². The Morgan fingerprint density at radius 2 is 1.56 bits per heavy atom. The smallest absolute Gasteiger partial charge is 0.253 e. The molecule has 2 aromatic rings. The molecule has 1 aromatic heterocycles. The predicted molar refractivity (Wildman–Crippen MR) is 151 cm³/mol. The lowest BCUT2D eigenvalue weighted by molar-refractivity contribution is 0.0921. The van der Waals surface area contributed by atoms with E-state index < -0.39 is 5.91 Å². The fourth-order valence-electron chi connectivity index (χ4n) is 6.57. The zero-order chi connectivity index (χ0) is 27.8. The maximum Gasteiger partial charge on any atom is 0.253 e. The lowest BCUT2D eigenvalue weighted by Gasteiger charge is -2.40. The van der Waals surface area contributed by atoms with Crippen molar-refractivity contribution >= 4 is 23.5 Å². The second kappa shape index (κ2) is 11.0. The number of rotatable bonds is 7. The molecule has 0 aliphatic carbocycles. The molecular formula is C30H40N6O3. The number of anilines is 1. The summed E-state index contributed by atoms with van der Waals surface area (Å²) < 4.78 is 0. The first-order valence-electron chi connectivity index (χ1n) is 14.1. The number of likely N-dealkylation sites (tertiary alicyclic amines) is 1. The van der Waals surface area contributed by atoms with Crippen LogP contribution in [0.1, 0.15) is 88.2 Å². The number of nitrogens with zero attached hydrogens (tertiary/aromatic N) is 3. The van der Waals surface area contributed by atoms with Crippen LogP contribution in [0.4, 0.5) is 5.82 Å². The number of pyridine rings is 1. The second-order valence-corrected chi connectivity index (χ2v) is 11.7. The van der Waals surface area contributed by atoms with Crippen LogP contribution in [0.15, 0.2) is 30.5 Å². The molecule has 4 atom stereocenters. The van der Waals surface area contributed by atoms with Crippen molar-refractivity contribution in [2.24, 2.45) is 5.73 Å². The average molecular weight is 533 g/mol. The first kappa shape index (κ1) is 27.1. The zero-order valence-corrected chi connectivity index (χ0v) is 23.4. The van der Waals surface area contributed by atoms with Crippen LogP contribution in [0, 0.1) is 13.8 Å². The van der Waals surface area contributed by atoms with E-state index in [9.17, 15) is 14.4 Å². The van der Waals surface area contributed by atoms with E-state index in [0.717, 1.165) is 56.6 Å². The molecule has 3 aliphatic heterocycles. The largest absolute Gasteiger partial charge is 0.366 e. The number of fused-ring (bicyclic) bond motifs is 2. The van der Waals surface area contributed by atoms with E-state index in [4.69, 9.17) is 5.73 Å². The predicted octanol–water partition coefficient (Wildman–Crippen LogP) is 2.94. The highest BCUT2D eigenvalue weighted by molar-refractivity contribution is 5.99. The van der Waals surface area contributed by atoms with Crippen molar-refractivity contribution in [1.29, 1.82) is 0 Å². The summed E-state index contributed by atoms with van der Waals surface area (Å²) in [6.45, 7) is 9.90. The fraction of sp³-hybridized carbons (Fsp3) is 0.533. The van der Waals surface area contributed by atoms with Crippen molar-refractivity contribution in [3.63, 3.8) is 0 Å². The van der Waals surface area contributed by atoms with Crippen molar-refractivity contribution in [3.8, 4) is 0 Å². The van der Waals surface area contributed by atoms with Crippen LogP contribution >= 0.6 is 0 Å². The maximum absolute atomic E-state index is 13.1. The molecule has 9 nitrogen and oxygen atoms in total. The molecule has 3 amide bonds. The highest BCUT2D eigenvalue weighted by Gasteiger charge is 2.42. The molecule has 1 aromatic carbocycles. The van der Waals surface area contributed by atoms with Crippen LogP contribution in [0.3, 0.4) is 0 Å². The Kier molecular flexibility index (Phi) is 7.62. The number of aromatic nitrogens is 1. The standard InChI is InChI=1S/C30H40N6O3/c1-17(2)35-10-9-21(16-35)33-29(38)20-5-8-27(32-15-20)36-23-6-7-24(36)14-22(13-23)34-30(39)26-12-18(3)25(28(31)37)11-19(26)4/h5,8,11-12,15,17,21-24H,6-7,9-10,13-14,16H2,1-4H3,(H2,31,37)(H,33,38)(H,34,39)/t21-,22?,23-,24+/m1/s1. The fourth-order valence-corrected chi connectivity index (χ4v) is 6.57. The molecule has 3 saturated heterocycles. The minimum absolute atomic E-state index is 0.0663. The number of amides is 3. The number of nitrogens with two attached hydrogens (primary N) is 1. The minimum Gasteiger partial charge on any atom is -0.366 e. The van der Waals surface area contributed by atoms with E-state index in [1.807, 2.05) is 19.1 Å². The second-order valence-electron chi connectivity index (χ2n) is 11.7. The van der Waals surface area contributed by atoms with E-state index in [0.29, 0.717) is 40.4 Å². The molecule has 3 aliphatic rings. The summed E-state index contributed by atoms with van der Waals surface area (Å²) in [7, 11) is 0. The Bertz CT molecular complexity index is 1250. The average Bonchev–Trinajstić information content (AvgIpc) is 3.47. The summed E-state index contributed by atoms with van der Waals surface area (Å²) in [6, 6.07) is 8.61. The molecule has 1 unspecified atom stereocenters. The first-order chi connectivity index (χ1) is 18.6. The van der Waals surface area contributed by atoms with Gasteiger partial charge in [-0.1, -0.05) is 0 Å². The Labute approximate surface area is 230 Å². The quantitative estimate of drug-likeness (QED) is 0.504. The van der Waals surface area contributed by atoms with Gasteiger partial charge in [-0.2, -0.15) is 0 Å². The molecule has 208 valence electrons. The summed E-state index contributed by atoms with van der Waals surface area (Å²) >= 11 is 0. The third-order valence-corrected chi connectivity index (χ3v) is 8.71. The molecule has 2 bridgehead atoms. The number of nitrogens with one attached hydrogen (secondary N) is 2. The first-order valence-corrected chi connectivity index (χ1v) is 14.1. The van der Waals surface area contributed by atoms with Crippen molar-refractivity contribution in [1.82, 2.24) is 20.5 Å². The van der Waals surface area contributed by atoms with Crippen LogP contribution < -0.4 is 21.3 Å². The van der Waals surface area contributed by atoms with Gasteiger partial charge in [0.2, 0.25) is 5.91 Å². The van der Waals surface area contributed by atoms with Crippen LogP contribution in [0.5, 0.6) is 0 Å². The van der Waals surface area contributed by atoms with E-state index in [-0.39, 0.29) is 23.9 Å². The summed E-state index contributed by atoms with van der Waals surface area (Å²) in [5.41, 5.74) is 8.52. The monoisotopic (exact) mass is 532 g/mol. The van der Waals surface area contributed by atoms with E-state index in [2.05, 4.69) is 39.3 Å². The lowest BCUT2D eigenvalue weighted by Crippen LogP contribution is -2.51. The number of hydrogen-bond donors (Lipinski definition) is 3. The van der Waals surface area contributed by atoms with E-state index in [1.54, 1.807) is 25.3 Å². The summed E-state index contributed by atoms with van der Waals surface area (Å²) in [5.74, 6) is 0.227. The number of benzene rings is 1. The third kappa shape index (κ3) is 5.64. The summed E-state index contributed by atoms with van der Waals surface area (Å²) in [5, 5.41) is 6.40. The van der Waals surface area contributed by atoms with Crippen LogP contribution in [0.25, 0.3) is 0 Å². The van der Waals surface area contributed by atoms with Crippen molar-refractivity contribution in [3.05, 3.63) is 58.3 Å². The molecule has 4 heterocycles. The summed E-state index contributed by atoms with van der Waals surface area (Å²) in [4.78, 5) is 47.0.